The third-order valence-electron chi connectivity index (χ3n) is 6.00. The average molecular weight is 434 g/mol. The van der Waals surface area contributed by atoms with Gasteiger partial charge in [-0.1, -0.05) is 12.1 Å². The molecular formula is C26H26O6. The van der Waals surface area contributed by atoms with Crippen molar-refractivity contribution in [2.24, 2.45) is 0 Å². The van der Waals surface area contributed by atoms with Crippen molar-refractivity contribution in [2.45, 2.75) is 41.5 Å². The van der Waals surface area contributed by atoms with Crippen LogP contribution in [-0.4, -0.2) is 32.4 Å². The Balaban J connectivity index is 2.38. The Hall–Kier alpha value is -3.80. The van der Waals surface area contributed by atoms with E-state index in [-0.39, 0.29) is 22.6 Å². The summed E-state index contributed by atoms with van der Waals surface area (Å²) in [6.07, 6.45) is 0. The number of hydrogen-bond donors (Lipinski definition) is 4. The Bertz CT molecular complexity index is 1280. The van der Waals surface area contributed by atoms with Gasteiger partial charge in [0.25, 0.3) is 0 Å². The van der Waals surface area contributed by atoms with Crippen molar-refractivity contribution in [1.29, 1.82) is 0 Å². The van der Waals surface area contributed by atoms with Gasteiger partial charge >= 0.3 is 11.9 Å². The second-order valence-electron chi connectivity index (χ2n) is 8.27. The van der Waals surface area contributed by atoms with Gasteiger partial charge in [-0.25, -0.2) is 9.59 Å². The first kappa shape index (κ1) is 22.9. The third kappa shape index (κ3) is 3.58. The van der Waals surface area contributed by atoms with Gasteiger partial charge in [0.1, 0.15) is 11.5 Å². The third-order valence-corrected chi connectivity index (χ3v) is 6.00. The lowest BCUT2D eigenvalue weighted by molar-refractivity contribution is 0.0686. The van der Waals surface area contributed by atoms with E-state index in [0.29, 0.717) is 44.5 Å². The molecule has 0 atom stereocenters. The zero-order chi connectivity index (χ0) is 24.1. The van der Waals surface area contributed by atoms with E-state index < -0.39 is 11.9 Å². The maximum absolute atomic E-state index is 12.0. The normalized spacial score (nSPS) is 10.9. The molecule has 0 fully saturated rings. The quantitative estimate of drug-likeness (QED) is 0.420. The number of phenolic OH excluding ortho intramolecular Hbond substituents is 2. The highest BCUT2D eigenvalue weighted by Crippen LogP contribution is 2.42. The number of aromatic hydroxyl groups is 2. The standard InChI is InChI=1S/C26H26O6/c1-11-7-17(21-15(5)23(27)13(3)9-18(21)25(29)30)8-12(2)20(11)22-16(6)24(28)14(4)10-19(22)26(31)32/h7-10,27-28H,1-6H3,(H,29,30)(H,31,32). The maximum atomic E-state index is 12.0. The molecule has 0 aromatic heterocycles. The molecule has 0 aliphatic carbocycles. The van der Waals surface area contributed by atoms with E-state index in [4.69, 9.17) is 0 Å². The molecular weight excluding hydrogens is 408 g/mol. The van der Waals surface area contributed by atoms with E-state index >= 15 is 0 Å². The number of benzene rings is 3. The summed E-state index contributed by atoms with van der Waals surface area (Å²) in [5.41, 5.74) is 5.65. The highest BCUT2D eigenvalue weighted by molar-refractivity contribution is 6.01. The molecule has 6 heteroatoms. The lowest BCUT2D eigenvalue weighted by atomic mass is 9.84. The number of carboxylic acid groups (broad SMARTS) is 2. The molecule has 166 valence electrons. The fourth-order valence-electron chi connectivity index (χ4n) is 4.48. The summed E-state index contributed by atoms with van der Waals surface area (Å²) in [6.45, 7) is 10.3. The van der Waals surface area contributed by atoms with Gasteiger partial charge in [0, 0.05) is 11.1 Å². The molecule has 0 unspecified atom stereocenters. The first-order chi connectivity index (χ1) is 14.9. The minimum atomic E-state index is -1.10. The number of hydrogen-bond acceptors (Lipinski definition) is 4. The first-order valence-corrected chi connectivity index (χ1v) is 10.1. The van der Waals surface area contributed by atoms with E-state index in [1.54, 1.807) is 39.8 Å². The van der Waals surface area contributed by atoms with Crippen LogP contribution in [0.15, 0.2) is 24.3 Å². The lowest BCUT2D eigenvalue weighted by Gasteiger charge is -2.20. The van der Waals surface area contributed by atoms with Gasteiger partial charge in [-0.2, -0.15) is 0 Å². The Labute approximate surface area is 186 Å². The molecule has 3 aromatic carbocycles. The summed E-state index contributed by atoms with van der Waals surface area (Å²) < 4.78 is 0. The fourth-order valence-corrected chi connectivity index (χ4v) is 4.48. The summed E-state index contributed by atoms with van der Waals surface area (Å²) in [6, 6.07) is 6.47. The predicted molar refractivity (Wildman–Crippen MR) is 123 cm³/mol. The summed E-state index contributed by atoms with van der Waals surface area (Å²) in [5, 5.41) is 40.5. The molecule has 0 aliphatic heterocycles. The molecule has 0 amide bonds. The van der Waals surface area contributed by atoms with Crippen molar-refractivity contribution in [3.8, 4) is 33.8 Å². The second kappa shape index (κ2) is 8.04. The fraction of sp³-hybridized carbons (Fsp3) is 0.231. The molecule has 0 heterocycles. The lowest BCUT2D eigenvalue weighted by Crippen LogP contribution is -2.06. The molecule has 0 spiro atoms. The molecule has 0 radical (unpaired) electrons. The minimum absolute atomic E-state index is 0.0387. The summed E-state index contributed by atoms with van der Waals surface area (Å²) in [4.78, 5) is 23.9. The van der Waals surface area contributed by atoms with Crippen LogP contribution in [0, 0.1) is 41.5 Å². The Morgan fingerprint density at radius 1 is 0.562 bits per heavy atom. The number of aryl methyl sites for hydroxylation is 4. The van der Waals surface area contributed by atoms with Crippen LogP contribution in [0.1, 0.15) is 54.1 Å². The summed E-state index contributed by atoms with van der Waals surface area (Å²) in [7, 11) is 0. The molecule has 0 aliphatic rings. The SMILES string of the molecule is Cc1cc(C(=O)O)c(-c2cc(C)c(-c3c(C(=O)O)cc(C)c(O)c3C)c(C)c2)c(C)c1O. The van der Waals surface area contributed by atoms with Crippen LogP contribution in [0.3, 0.4) is 0 Å². The molecule has 0 saturated heterocycles. The van der Waals surface area contributed by atoms with E-state index in [1.165, 1.54) is 12.1 Å². The van der Waals surface area contributed by atoms with Gasteiger partial charge in [-0.3, -0.25) is 0 Å². The summed E-state index contributed by atoms with van der Waals surface area (Å²) >= 11 is 0. The monoisotopic (exact) mass is 434 g/mol. The summed E-state index contributed by atoms with van der Waals surface area (Å²) in [5.74, 6) is -2.11. The van der Waals surface area contributed by atoms with Crippen molar-refractivity contribution in [2.75, 3.05) is 0 Å². The van der Waals surface area contributed by atoms with Crippen LogP contribution in [-0.2, 0) is 0 Å². The minimum Gasteiger partial charge on any atom is -0.507 e. The van der Waals surface area contributed by atoms with Crippen molar-refractivity contribution in [3.63, 3.8) is 0 Å². The second-order valence-corrected chi connectivity index (χ2v) is 8.27. The van der Waals surface area contributed by atoms with Crippen molar-refractivity contribution in [3.05, 3.63) is 68.8 Å². The van der Waals surface area contributed by atoms with E-state index in [9.17, 15) is 30.0 Å². The van der Waals surface area contributed by atoms with Crippen LogP contribution < -0.4 is 0 Å². The molecule has 3 aromatic rings. The highest BCUT2D eigenvalue weighted by atomic mass is 16.4. The van der Waals surface area contributed by atoms with Gasteiger partial charge in [0.05, 0.1) is 11.1 Å². The highest BCUT2D eigenvalue weighted by Gasteiger charge is 2.24. The number of carbonyl (C=O) groups is 2. The van der Waals surface area contributed by atoms with Gasteiger partial charge in [0.15, 0.2) is 0 Å². The molecule has 6 nitrogen and oxygen atoms in total. The van der Waals surface area contributed by atoms with Crippen LogP contribution in [0.4, 0.5) is 0 Å². The Kier molecular flexibility index (Phi) is 5.75. The smallest absolute Gasteiger partial charge is 0.336 e. The topological polar surface area (TPSA) is 115 Å². The van der Waals surface area contributed by atoms with Crippen LogP contribution >= 0.6 is 0 Å². The largest absolute Gasteiger partial charge is 0.507 e. The number of carboxylic acids is 2. The van der Waals surface area contributed by atoms with E-state index in [0.717, 1.165) is 11.1 Å². The Morgan fingerprint density at radius 3 is 1.34 bits per heavy atom. The van der Waals surface area contributed by atoms with Gasteiger partial charge in [-0.05, 0) is 98.2 Å². The number of aromatic carboxylic acids is 2. The molecule has 0 bridgehead atoms. The van der Waals surface area contributed by atoms with Gasteiger partial charge < -0.3 is 20.4 Å². The predicted octanol–water partition coefficient (Wildman–Crippen LogP) is 5.68. The zero-order valence-corrected chi connectivity index (χ0v) is 18.9. The number of rotatable bonds is 4. The van der Waals surface area contributed by atoms with E-state index in [1.807, 2.05) is 13.8 Å². The average Bonchev–Trinajstić information content (AvgIpc) is 2.70. The van der Waals surface area contributed by atoms with E-state index in [2.05, 4.69) is 0 Å². The number of phenols is 2. The first-order valence-electron chi connectivity index (χ1n) is 10.1. The van der Waals surface area contributed by atoms with Gasteiger partial charge in [0.2, 0.25) is 0 Å². The Morgan fingerprint density at radius 2 is 0.938 bits per heavy atom. The van der Waals surface area contributed by atoms with Crippen LogP contribution in [0.5, 0.6) is 11.5 Å². The maximum Gasteiger partial charge on any atom is 0.336 e. The molecule has 0 saturated carbocycles. The molecule has 32 heavy (non-hydrogen) atoms. The van der Waals surface area contributed by atoms with Crippen molar-refractivity contribution in [1.82, 2.24) is 0 Å². The molecule has 3 rings (SSSR count). The van der Waals surface area contributed by atoms with Crippen LogP contribution in [0.25, 0.3) is 22.3 Å². The van der Waals surface area contributed by atoms with Gasteiger partial charge in [-0.15, -0.1) is 0 Å². The zero-order valence-electron chi connectivity index (χ0n) is 18.9. The van der Waals surface area contributed by atoms with Crippen molar-refractivity contribution >= 4 is 11.9 Å². The van der Waals surface area contributed by atoms with Crippen LogP contribution in [0.2, 0.25) is 0 Å². The molecule has 4 N–H and O–H groups in total. The van der Waals surface area contributed by atoms with Crippen molar-refractivity contribution < 1.29 is 30.0 Å².